The van der Waals surface area contributed by atoms with E-state index < -0.39 is 47.5 Å². The van der Waals surface area contributed by atoms with E-state index in [0.717, 1.165) is 32.9 Å². The molecule has 8 heteroatoms. The third-order valence-corrected chi connectivity index (χ3v) is 9.08. The lowest BCUT2D eigenvalue weighted by atomic mass is 9.30. The normalized spacial score (nSPS) is 36.8. The number of rotatable bonds is 6. The number of aliphatic hydroxyl groups is 6. The summed E-state index contributed by atoms with van der Waals surface area (Å²) in [6.07, 6.45) is -1.60. The van der Waals surface area contributed by atoms with Gasteiger partial charge >= 0.3 is 0 Å². The number of aliphatic hydroxyl groups excluding tert-OH is 3. The van der Waals surface area contributed by atoms with Crippen LogP contribution in [0.2, 0.25) is 0 Å². The van der Waals surface area contributed by atoms with Crippen LogP contribution in [0.25, 0.3) is 0 Å². The molecule has 6 N–H and O–H groups in total. The van der Waals surface area contributed by atoms with E-state index in [1.54, 1.807) is 24.3 Å². The van der Waals surface area contributed by atoms with E-state index in [4.69, 9.17) is 0 Å². The van der Waals surface area contributed by atoms with Crippen LogP contribution in [-0.2, 0) is 12.8 Å². The van der Waals surface area contributed by atoms with Crippen molar-refractivity contribution >= 4 is 31.9 Å². The van der Waals surface area contributed by atoms with Crippen LogP contribution in [0.1, 0.15) is 47.9 Å². The number of halogens is 2. The second kappa shape index (κ2) is 8.13. The lowest BCUT2D eigenvalue weighted by Gasteiger charge is -2.80. The second-order valence-corrected chi connectivity index (χ2v) is 10.6. The first-order chi connectivity index (χ1) is 15.0. The van der Waals surface area contributed by atoms with Crippen LogP contribution in [0.4, 0.5) is 0 Å². The van der Waals surface area contributed by atoms with Crippen LogP contribution in [0.5, 0.6) is 0 Å². The van der Waals surface area contributed by atoms with Crippen LogP contribution in [0.3, 0.4) is 0 Å². The van der Waals surface area contributed by atoms with Gasteiger partial charge in [-0.15, -0.1) is 0 Å². The number of hydrogen-bond donors (Lipinski definition) is 6. The van der Waals surface area contributed by atoms with Crippen LogP contribution < -0.4 is 0 Å². The van der Waals surface area contributed by atoms with Crippen molar-refractivity contribution < 1.29 is 30.6 Å². The van der Waals surface area contributed by atoms with Crippen LogP contribution in [0, 0.1) is 0 Å². The highest BCUT2D eigenvalue weighted by atomic mass is 79.9. The zero-order valence-corrected chi connectivity index (χ0v) is 21.0. The van der Waals surface area contributed by atoms with Gasteiger partial charge in [-0.2, -0.15) is 0 Å². The summed E-state index contributed by atoms with van der Waals surface area (Å²) in [5.74, 6) is -2.27. The SMILES string of the molecule is CCc1ccc(C2C(O)[C@@]3(O)C(c4ccc(CC)c(Br)c4)[C@@](O)([C@H](O)CO)[C@@]23O)cc1Br. The lowest BCUT2D eigenvalue weighted by Crippen LogP contribution is -2.99. The highest BCUT2D eigenvalue weighted by Gasteiger charge is 2.93. The highest BCUT2D eigenvalue weighted by Crippen LogP contribution is 2.75. The summed E-state index contributed by atoms with van der Waals surface area (Å²) in [5.41, 5.74) is -3.67. The molecule has 0 heterocycles. The van der Waals surface area contributed by atoms with Crippen molar-refractivity contribution in [1.29, 1.82) is 0 Å². The van der Waals surface area contributed by atoms with Crippen molar-refractivity contribution in [2.24, 2.45) is 0 Å². The first kappa shape index (κ1) is 24.3. The molecule has 0 spiro atoms. The maximum absolute atomic E-state index is 11.7. The maximum atomic E-state index is 11.7. The van der Waals surface area contributed by atoms with Crippen LogP contribution in [0.15, 0.2) is 45.3 Å². The standard InChI is InChI=1S/C24H28Br2O6/c1-3-12-5-7-14(9-16(12)25)19-21(29)23(31)20(15-8-6-13(4-2)17(26)10-15)22(30,18(28)11-27)24(19,23)32/h5-10,18-21,27-32H,3-4,11H2,1-2H3/t18-,19?,20?,21?,22+,23+,24+/m1/s1. The molecule has 0 amide bonds. The molecule has 32 heavy (non-hydrogen) atoms. The minimum atomic E-state index is -2.29. The van der Waals surface area contributed by atoms with Crippen molar-refractivity contribution in [3.63, 3.8) is 0 Å². The Morgan fingerprint density at radius 1 is 0.906 bits per heavy atom. The van der Waals surface area contributed by atoms with E-state index in [9.17, 15) is 30.6 Å². The predicted octanol–water partition coefficient (Wildman–Crippen LogP) is 2.14. The van der Waals surface area contributed by atoms with Crippen molar-refractivity contribution in [3.8, 4) is 0 Å². The summed E-state index contributed by atoms with van der Waals surface area (Å²) in [5, 5.41) is 66.4. The zero-order chi connectivity index (χ0) is 23.6. The third kappa shape index (κ3) is 2.78. The fourth-order valence-electron chi connectivity index (χ4n) is 5.89. The topological polar surface area (TPSA) is 121 Å². The number of benzene rings is 2. The minimum absolute atomic E-state index is 0.441. The Balaban J connectivity index is 1.84. The molecule has 2 aromatic carbocycles. The Morgan fingerprint density at radius 3 is 1.88 bits per heavy atom. The molecule has 0 aromatic heterocycles. The van der Waals surface area contributed by atoms with Gasteiger partial charge in [0.15, 0.2) is 0 Å². The molecule has 2 aromatic rings. The summed E-state index contributed by atoms with van der Waals surface area (Å²) < 4.78 is 1.53. The van der Waals surface area contributed by atoms with E-state index >= 15 is 0 Å². The van der Waals surface area contributed by atoms with Gasteiger partial charge in [-0.3, -0.25) is 0 Å². The first-order valence-corrected chi connectivity index (χ1v) is 12.3. The third-order valence-electron chi connectivity index (χ3n) is 7.61. The smallest absolute Gasteiger partial charge is 0.138 e. The Hall–Kier alpha value is -0.840. The van der Waals surface area contributed by atoms with Gasteiger partial charge < -0.3 is 30.6 Å². The Bertz CT molecular complexity index is 1050. The molecule has 6 nitrogen and oxygen atoms in total. The zero-order valence-electron chi connectivity index (χ0n) is 17.8. The molecule has 0 bridgehead atoms. The van der Waals surface area contributed by atoms with E-state index in [-0.39, 0.29) is 0 Å². The van der Waals surface area contributed by atoms with E-state index in [1.807, 2.05) is 26.0 Å². The summed E-state index contributed by atoms with van der Waals surface area (Å²) in [7, 11) is 0. The highest BCUT2D eigenvalue weighted by molar-refractivity contribution is 9.10. The van der Waals surface area contributed by atoms with Gasteiger partial charge in [-0.05, 0) is 47.2 Å². The number of fused-ring (bicyclic) bond motifs is 1. The van der Waals surface area contributed by atoms with E-state index in [2.05, 4.69) is 31.9 Å². The lowest BCUT2D eigenvalue weighted by molar-refractivity contribution is -0.459. The Labute approximate surface area is 203 Å². The average Bonchev–Trinajstić information content (AvgIpc) is 2.78. The predicted molar refractivity (Wildman–Crippen MR) is 126 cm³/mol. The van der Waals surface area contributed by atoms with Gasteiger partial charge in [0.25, 0.3) is 0 Å². The fourth-order valence-corrected chi connectivity index (χ4v) is 7.24. The Kier molecular flexibility index (Phi) is 6.17. The van der Waals surface area contributed by atoms with Crippen LogP contribution >= 0.6 is 31.9 Å². The number of aryl methyl sites for hydroxylation is 2. The van der Waals surface area contributed by atoms with Crippen molar-refractivity contribution in [1.82, 2.24) is 0 Å². The van der Waals surface area contributed by atoms with Gasteiger partial charge in [-0.1, -0.05) is 70.0 Å². The van der Waals surface area contributed by atoms with Crippen molar-refractivity contribution in [2.75, 3.05) is 6.61 Å². The molecular formula is C24H28Br2O6. The van der Waals surface area contributed by atoms with E-state index in [1.165, 1.54) is 0 Å². The first-order valence-electron chi connectivity index (χ1n) is 10.7. The van der Waals surface area contributed by atoms with Gasteiger partial charge in [0, 0.05) is 14.9 Å². The average molecular weight is 572 g/mol. The summed E-state index contributed by atoms with van der Waals surface area (Å²) >= 11 is 6.98. The molecule has 2 aliphatic carbocycles. The quantitative estimate of drug-likeness (QED) is 0.316. The molecule has 2 aliphatic rings. The molecule has 0 radical (unpaired) electrons. The second-order valence-electron chi connectivity index (χ2n) is 8.88. The van der Waals surface area contributed by atoms with Crippen LogP contribution in [-0.4, -0.2) is 66.3 Å². The molecule has 0 aliphatic heterocycles. The van der Waals surface area contributed by atoms with Crippen molar-refractivity contribution in [3.05, 3.63) is 67.6 Å². The molecule has 3 unspecified atom stereocenters. The summed E-state index contributed by atoms with van der Waals surface area (Å²) in [6.45, 7) is 3.17. The van der Waals surface area contributed by atoms with E-state index in [0.29, 0.717) is 11.1 Å². The molecule has 174 valence electrons. The monoisotopic (exact) mass is 570 g/mol. The van der Waals surface area contributed by atoms with Gasteiger partial charge in [0.1, 0.15) is 22.9 Å². The summed E-state index contributed by atoms with van der Waals surface area (Å²) in [6, 6.07) is 10.6. The number of hydrogen-bond acceptors (Lipinski definition) is 6. The van der Waals surface area contributed by atoms with Gasteiger partial charge in [0.05, 0.1) is 18.6 Å². The maximum Gasteiger partial charge on any atom is 0.138 e. The summed E-state index contributed by atoms with van der Waals surface area (Å²) in [4.78, 5) is 0. The van der Waals surface area contributed by atoms with Gasteiger partial charge in [0.2, 0.25) is 0 Å². The molecule has 2 fully saturated rings. The minimum Gasteiger partial charge on any atom is -0.394 e. The molecule has 2 saturated carbocycles. The van der Waals surface area contributed by atoms with Gasteiger partial charge in [-0.25, -0.2) is 0 Å². The Morgan fingerprint density at radius 2 is 1.41 bits per heavy atom. The molecule has 7 atom stereocenters. The van der Waals surface area contributed by atoms with Crippen molar-refractivity contribution in [2.45, 2.75) is 67.5 Å². The largest absolute Gasteiger partial charge is 0.394 e. The molecule has 4 rings (SSSR count). The molecule has 0 saturated heterocycles. The molecular weight excluding hydrogens is 544 g/mol. The fraction of sp³-hybridized carbons (Fsp3) is 0.500.